The molecule has 0 aromatic heterocycles. The number of carbonyl (C=O) groups excluding carboxylic acids is 2. The average Bonchev–Trinajstić information content (AvgIpc) is 2.42. The van der Waals surface area contributed by atoms with Crippen LogP contribution in [0.2, 0.25) is 0 Å². The number of hydrogen-bond donors (Lipinski definition) is 1. The molecule has 1 unspecified atom stereocenters. The molecule has 80 valence electrons. The predicted octanol–water partition coefficient (Wildman–Crippen LogP) is 0.180. The second kappa shape index (κ2) is 4.50. The smallest absolute Gasteiger partial charge is 0.410 e. The van der Waals surface area contributed by atoms with Crippen molar-refractivity contribution in [1.82, 2.24) is 10.2 Å². The highest BCUT2D eigenvalue weighted by atomic mass is 35.5. The van der Waals surface area contributed by atoms with Crippen LogP contribution in [0.25, 0.3) is 0 Å². The number of halogens is 1. The Hall–Kier alpha value is -0.970. The van der Waals surface area contributed by atoms with Crippen molar-refractivity contribution in [3.05, 3.63) is 0 Å². The van der Waals surface area contributed by atoms with E-state index in [0.717, 1.165) is 0 Å². The van der Waals surface area contributed by atoms with Gasteiger partial charge in [0.1, 0.15) is 11.5 Å². The largest absolute Gasteiger partial charge is 0.442 e. The number of nitrogens with one attached hydrogen (secondary N) is 1. The van der Waals surface area contributed by atoms with Crippen molar-refractivity contribution in [2.75, 3.05) is 20.1 Å². The predicted molar refractivity (Wildman–Crippen MR) is 51.2 cm³/mol. The monoisotopic (exact) mass is 220 g/mol. The highest BCUT2D eigenvalue weighted by Crippen LogP contribution is 2.07. The topological polar surface area (TPSA) is 58.6 Å². The molecule has 2 amide bonds. The van der Waals surface area contributed by atoms with Crippen LogP contribution in [-0.2, 0) is 9.53 Å². The summed E-state index contributed by atoms with van der Waals surface area (Å²) in [6, 6.07) is 0. The maximum atomic E-state index is 11.1. The Morgan fingerprint density at radius 3 is 2.93 bits per heavy atom. The zero-order valence-corrected chi connectivity index (χ0v) is 8.87. The lowest BCUT2D eigenvalue weighted by atomic mass is 10.3. The van der Waals surface area contributed by atoms with Gasteiger partial charge in [-0.3, -0.25) is 4.79 Å². The molecule has 0 bridgehead atoms. The fraction of sp³-hybridized carbons (Fsp3) is 0.750. The van der Waals surface area contributed by atoms with Crippen LogP contribution in [0.15, 0.2) is 0 Å². The zero-order chi connectivity index (χ0) is 10.7. The van der Waals surface area contributed by atoms with E-state index in [4.69, 9.17) is 16.3 Å². The van der Waals surface area contributed by atoms with Crippen molar-refractivity contribution in [2.45, 2.75) is 18.4 Å². The van der Waals surface area contributed by atoms with Crippen molar-refractivity contribution >= 4 is 23.6 Å². The standard InChI is InChI=1S/C8H13ClN2O3/c1-5(9)7(12)10-3-6-4-11(2)8(13)14-6/h5-6H,3-4H2,1-2H3,(H,10,12)/t5?,6-/m1/s1. The zero-order valence-electron chi connectivity index (χ0n) is 8.12. The minimum atomic E-state index is -0.565. The molecule has 1 fully saturated rings. The Bertz CT molecular complexity index is 245. The molecule has 0 saturated carbocycles. The van der Waals surface area contributed by atoms with E-state index in [1.54, 1.807) is 14.0 Å². The fourth-order valence-corrected chi connectivity index (χ4v) is 1.19. The van der Waals surface area contributed by atoms with E-state index in [-0.39, 0.29) is 18.1 Å². The SMILES string of the molecule is CC(Cl)C(=O)NC[C@@H]1CN(C)C(=O)O1. The Morgan fingerprint density at radius 1 is 1.86 bits per heavy atom. The van der Waals surface area contributed by atoms with E-state index in [1.165, 1.54) is 4.90 Å². The molecular formula is C8H13ClN2O3. The molecule has 1 saturated heterocycles. The molecule has 0 spiro atoms. The molecule has 0 aliphatic carbocycles. The highest BCUT2D eigenvalue weighted by Gasteiger charge is 2.28. The number of likely N-dealkylation sites (N-methyl/N-ethyl adjacent to an activating group) is 1. The second-order valence-electron chi connectivity index (χ2n) is 3.25. The van der Waals surface area contributed by atoms with Gasteiger partial charge >= 0.3 is 6.09 Å². The lowest BCUT2D eigenvalue weighted by molar-refractivity contribution is -0.120. The molecule has 1 aliphatic heterocycles. The number of hydrogen-bond acceptors (Lipinski definition) is 3. The van der Waals surface area contributed by atoms with Gasteiger partial charge in [0.25, 0.3) is 0 Å². The van der Waals surface area contributed by atoms with Crippen molar-refractivity contribution in [2.24, 2.45) is 0 Å². The summed E-state index contributed by atoms with van der Waals surface area (Å²) in [5, 5.41) is 2.03. The summed E-state index contributed by atoms with van der Waals surface area (Å²) in [6.07, 6.45) is -0.630. The second-order valence-corrected chi connectivity index (χ2v) is 3.90. The van der Waals surface area contributed by atoms with Gasteiger partial charge in [-0.15, -0.1) is 11.6 Å². The number of cyclic esters (lactones) is 1. The van der Waals surface area contributed by atoms with Crippen LogP contribution in [0.1, 0.15) is 6.92 Å². The van der Waals surface area contributed by atoms with Crippen LogP contribution < -0.4 is 5.32 Å². The van der Waals surface area contributed by atoms with Gasteiger partial charge in [-0.25, -0.2) is 4.79 Å². The number of ether oxygens (including phenoxy) is 1. The van der Waals surface area contributed by atoms with Crippen LogP contribution in [0, 0.1) is 0 Å². The van der Waals surface area contributed by atoms with Gasteiger partial charge in [0.2, 0.25) is 5.91 Å². The number of alkyl halides is 1. The van der Waals surface area contributed by atoms with E-state index in [2.05, 4.69) is 5.32 Å². The summed E-state index contributed by atoms with van der Waals surface area (Å²) in [7, 11) is 1.65. The molecule has 0 aromatic rings. The van der Waals surface area contributed by atoms with Crippen molar-refractivity contribution in [3.63, 3.8) is 0 Å². The average molecular weight is 221 g/mol. The lowest BCUT2D eigenvalue weighted by Crippen LogP contribution is -2.37. The van der Waals surface area contributed by atoms with Gasteiger partial charge < -0.3 is 15.0 Å². The fourth-order valence-electron chi connectivity index (χ4n) is 1.11. The van der Waals surface area contributed by atoms with E-state index < -0.39 is 5.38 Å². The molecule has 14 heavy (non-hydrogen) atoms. The third-order valence-electron chi connectivity index (χ3n) is 1.92. The molecule has 1 aliphatic rings. The van der Waals surface area contributed by atoms with E-state index >= 15 is 0 Å². The van der Waals surface area contributed by atoms with Gasteiger partial charge in [0.05, 0.1) is 13.1 Å². The first kappa shape index (κ1) is 11.1. The van der Waals surface area contributed by atoms with Crippen LogP contribution in [0.5, 0.6) is 0 Å². The summed E-state index contributed by atoms with van der Waals surface area (Å²) in [4.78, 5) is 23.5. The first-order chi connectivity index (χ1) is 6.50. The Balaban J connectivity index is 2.27. The Labute approximate surface area is 87.3 Å². The third-order valence-corrected chi connectivity index (χ3v) is 2.12. The number of rotatable bonds is 3. The summed E-state index contributed by atoms with van der Waals surface area (Å²) >= 11 is 5.54. The lowest BCUT2D eigenvalue weighted by Gasteiger charge is -2.10. The van der Waals surface area contributed by atoms with Crippen LogP contribution in [0.3, 0.4) is 0 Å². The first-order valence-electron chi connectivity index (χ1n) is 4.34. The number of nitrogens with zero attached hydrogens (tertiary/aromatic N) is 1. The molecule has 2 atom stereocenters. The highest BCUT2D eigenvalue weighted by molar-refractivity contribution is 6.30. The summed E-state index contributed by atoms with van der Waals surface area (Å²) in [5.41, 5.74) is 0. The van der Waals surface area contributed by atoms with E-state index in [9.17, 15) is 9.59 Å². The molecule has 1 N–H and O–H groups in total. The molecule has 6 heteroatoms. The molecule has 0 aromatic carbocycles. The van der Waals surface area contributed by atoms with Gasteiger partial charge in [0.15, 0.2) is 0 Å². The normalized spacial score (nSPS) is 23.2. The summed E-state index contributed by atoms with van der Waals surface area (Å²) in [5.74, 6) is -0.253. The van der Waals surface area contributed by atoms with Crippen LogP contribution >= 0.6 is 11.6 Å². The van der Waals surface area contributed by atoms with Crippen molar-refractivity contribution < 1.29 is 14.3 Å². The van der Waals surface area contributed by atoms with Gasteiger partial charge in [-0.2, -0.15) is 0 Å². The molecule has 1 heterocycles. The van der Waals surface area contributed by atoms with E-state index in [0.29, 0.717) is 13.1 Å². The van der Waals surface area contributed by atoms with Crippen molar-refractivity contribution in [3.8, 4) is 0 Å². The van der Waals surface area contributed by atoms with Crippen LogP contribution in [0.4, 0.5) is 4.79 Å². The van der Waals surface area contributed by atoms with Crippen molar-refractivity contribution in [1.29, 1.82) is 0 Å². The molecule has 0 radical (unpaired) electrons. The maximum Gasteiger partial charge on any atom is 0.410 e. The van der Waals surface area contributed by atoms with Gasteiger partial charge in [-0.1, -0.05) is 0 Å². The first-order valence-corrected chi connectivity index (χ1v) is 4.78. The summed E-state index contributed by atoms with van der Waals surface area (Å²) < 4.78 is 4.93. The quantitative estimate of drug-likeness (QED) is 0.691. The summed E-state index contributed by atoms with van der Waals surface area (Å²) in [6.45, 7) is 2.39. The van der Waals surface area contributed by atoms with Crippen LogP contribution in [-0.4, -0.2) is 48.5 Å². The Morgan fingerprint density at radius 2 is 2.50 bits per heavy atom. The number of amides is 2. The van der Waals surface area contributed by atoms with Gasteiger partial charge in [-0.05, 0) is 6.92 Å². The maximum absolute atomic E-state index is 11.1. The Kier molecular flexibility index (Phi) is 3.57. The minimum Gasteiger partial charge on any atom is -0.442 e. The van der Waals surface area contributed by atoms with Gasteiger partial charge in [0, 0.05) is 7.05 Å². The van der Waals surface area contributed by atoms with E-state index in [1.807, 2.05) is 0 Å². The third kappa shape index (κ3) is 2.77. The molecule has 1 rings (SSSR count). The molecule has 5 nitrogen and oxygen atoms in total. The number of carbonyl (C=O) groups is 2. The minimum absolute atomic E-state index is 0.253. The molecular weight excluding hydrogens is 208 g/mol.